The van der Waals surface area contributed by atoms with Gasteiger partial charge in [-0.15, -0.1) is 0 Å². The second-order valence-electron chi connectivity index (χ2n) is 4.44. The lowest BCUT2D eigenvalue weighted by Gasteiger charge is -2.24. The molecule has 2 rings (SSSR count). The fourth-order valence-electron chi connectivity index (χ4n) is 2.29. The molecule has 0 bridgehead atoms. The van der Waals surface area contributed by atoms with E-state index in [9.17, 15) is 8.42 Å². The molecule has 1 aliphatic heterocycles. The third-order valence-corrected chi connectivity index (χ3v) is 5.83. The summed E-state index contributed by atoms with van der Waals surface area (Å²) in [6.07, 6.45) is 1.62. The number of benzene rings is 1. The molecule has 1 fully saturated rings. The Balaban J connectivity index is 2.39. The average Bonchev–Trinajstić information content (AvgIpc) is 2.81. The first kappa shape index (κ1) is 15.1. The normalized spacial score (nSPS) is 20.9. The van der Waals surface area contributed by atoms with Crippen LogP contribution in [0, 0.1) is 0 Å². The van der Waals surface area contributed by atoms with Crippen LogP contribution in [0.4, 0.5) is 0 Å². The van der Waals surface area contributed by atoms with Crippen molar-refractivity contribution in [2.75, 3.05) is 20.3 Å². The molecule has 1 aromatic rings. The lowest BCUT2D eigenvalue weighted by atomic mass is 10.2. The van der Waals surface area contributed by atoms with Gasteiger partial charge < -0.3 is 4.74 Å². The van der Waals surface area contributed by atoms with Crippen molar-refractivity contribution in [3.8, 4) is 0 Å². The average molecular weight is 324 g/mol. The number of nitrogens with zero attached hydrogens (tertiary/aromatic N) is 1. The van der Waals surface area contributed by atoms with Gasteiger partial charge in [-0.2, -0.15) is 4.31 Å². The van der Waals surface area contributed by atoms with Crippen molar-refractivity contribution in [1.82, 2.24) is 4.31 Å². The molecule has 1 saturated heterocycles. The van der Waals surface area contributed by atoms with Gasteiger partial charge in [-0.1, -0.05) is 23.2 Å². The topological polar surface area (TPSA) is 46.6 Å². The van der Waals surface area contributed by atoms with Crippen LogP contribution in [0.25, 0.3) is 0 Å². The van der Waals surface area contributed by atoms with E-state index in [1.165, 1.54) is 16.4 Å². The third-order valence-electron chi connectivity index (χ3n) is 3.16. The number of sulfonamides is 1. The second-order valence-corrected chi connectivity index (χ2v) is 7.14. The lowest BCUT2D eigenvalue weighted by Crippen LogP contribution is -2.38. The predicted molar refractivity (Wildman–Crippen MR) is 75.3 cm³/mol. The van der Waals surface area contributed by atoms with E-state index in [4.69, 9.17) is 27.9 Å². The Morgan fingerprint density at radius 1 is 1.42 bits per heavy atom. The molecular formula is C12H15Cl2NO3S. The fourth-order valence-corrected chi connectivity index (χ4v) is 4.70. The summed E-state index contributed by atoms with van der Waals surface area (Å²) in [7, 11) is -2.06. The van der Waals surface area contributed by atoms with E-state index in [1.807, 2.05) is 0 Å². The molecule has 0 radical (unpaired) electrons. The van der Waals surface area contributed by atoms with Crippen molar-refractivity contribution >= 4 is 33.2 Å². The molecule has 1 aromatic carbocycles. The number of halogens is 2. The van der Waals surface area contributed by atoms with Crippen LogP contribution in [-0.4, -0.2) is 39.0 Å². The molecular weight excluding hydrogens is 309 g/mol. The highest BCUT2D eigenvalue weighted by molar-refractivity contribution is 7.89. The van der Waals surface area contributed by atoms with Crippen molar-refractivity contribution in [3.05, 3.63) is 28.2 Å². The van der Waals surface area contributed by atoms with E-state index in [-0.39, 0.29) is 16.0 Å². The third kappa shape index (κ3) is 3.06. The van der Waals surface area contributed by atoms with Crippen LogP contribution >= 0.6 is 23.2 Å². The summed E-state index contributed by atoms with van der Waals surface area (Å²) in [6, 6.07) is 4.32. The van der Waals surface area contributed by atoms with Gasteiger partial charge in [0, 0.05) is 24.7 Å². The van der Waals surface area contributed by atoms with Crippen LogP contribution in [0.2, 0.25) is 10.0 Å². The minimum absolute atomic E-state index is 0.0599. The van der Waals surface area contributed by atoms with Gasteiger partial charge >= 0.3 is 0 Å². The maximum Gasteiger partial charge on any atom is 0.244 e. The molecule has 0 N–H and O–H groups in total. The smallest absolute Gasteiger partial charge is 0.244 e. The summed E-state index contributed by atoms with van der Waals surface area (Å²) in [4.78, 5) is 0.0599. The number of methoxy groups -OCH3 is 1. The van der Waals surface area contributed by atoms with Crippen LogP contribution < -0.4 is 0 Å². The molecule has 0 saturated carbocycles. The standard InChI is InChI=1S/C12H15Cl2NO3S/c1-18-8-10-3-2-6-15(10)19(16,17)12-7-9(13)4-5-11(12)14/h4-5,7,10H,2-3,6,8H2,1H3. The van der Waals surface area contributed by atoms with Crippen LogP contribution in [0.15, 0.2) is 23.1 Å². The van der Waals surface area contributed by atoms with E-state index >= 15 is 0 Å². The Kier molecular flexibility index (Phi) is 4.74. The van der Waals surface area contributed by atoms with Gasteiger partial charge in [-0.3, -0.25) is 0 Å². The highest BCUT2D eigenvalue weighted by Crippen LogP contribution is 2.31. The largest absolute Gasteiger partial charge is 0.383 e. The zero-order valence-electron chi connectivity index (χ0n) is 10.5. The van der Waals surface area contributed by atoms with Gasteiger partial charge in [0.05, 0.1) is 11.6 Å². The number of hydrogen-bond donors (Lipinski definition) is 0. The fraction of sp³-hybridized carbons (Fsp3) is 0.500. The van der Waals surface area contributed by atoms with Crippen LogP contribution in [0.5, 0.6) is 0 Å². The quantitative estimate of drug-likeness (QED) is 0.856. The summed E-state index contributed by atoms with van der Waals surface area (Å²) in [5.41, 5.74) is 0. The van der Waals surface area contributed by atoms with Crippen LogP contribution in [0.3, 0.4) is 0 Å². The molecule has 0 amide bonds. The van der Waals surface area contributed by atoms with Crippen molar-refractivity contribution in [3.63, 3.8) is 0 Å². The summed E-state index contributed by atoms with van der Waals surface area (Å²) in [5.74, 6) is 0. The lowest BCUT2D eigenvalue weighted by molar-refractivity contribution is 0.149. The molecule has 1 unspecified atom stereocenters. The minimum Gasteiger partial charge on any atom is -0.383 e. The first-order valence-electron chi connectivity index (χ1n) is 5.92. The summed E-state index contributed by atoms with van der Waals surface area (Å²) in [5, 5.41) is 0.540. The Hall–Kier alpha value is -0.330. The van der Waals surface area contributed by atoms with Crippen molar-refractivity contribution < 1.29 is 13.2 Å². The van der Waals surface area contributed by atoms with Crippen LogP contribution in [0.1, 0.15) is 12.8 Å². The summed E-state index contributed by atoms with van der Waals surface area (Å²) in [6.45, 7) is 0.872. The predicted octanol–water partition coefficient (Wildman–Crippen LogP) is 2.79. The first-order valence-corrected chi connectivity index (χ1v) is 8.12. The second kappa shape index (κ2) is 5.97. The molecule has 1 heterocycles. The van der Waals surface area contributed by atoms with Gasteiger partial charge in [0.1, 0.15) is 4.90 Å². The molecule has 0 aliphatic carbocycles. The monoisotopic (exact) mass is 323 g/mol. The van der Waals surface area contributed by atoms with Crippen molar-refractivity contribution in [2.45, 2.75) is 23.8 Å². The van der Waals surface area contributed by atoms with E-state index in [1.54, 1.807) is 13.2 Å². The molecule has 1 atom stereocenters. The molecule has 0 aromatic heterocycles. The van der Waals surface area contributed by atoms with Gasteiger partial charge in [0.2, 0.25) is 10.0 Å². The van der Waals surface area contributed by atoms with Crippen molar-refractivity contribution in [1.29, 1.82) is 0 Å². The first-order chi connectivity index (χ1) is 8.96. The van der Waals surface area contributed by atoms with Gasteiger partial charge in [-0.25, -0.2) is 8.42 Å². The van der Waals surface area contributed by atoms with E-state index in [0.717, 1.165) is 12.8 Å². The summed E-state index contributed by atoms with van der Waals surface area (Å²) >= 11 is 11.8. The Labute approximate surface area is 123 Å². The maximum atomic E-state index is 12.6. The van der Waals surface area contributed by atoms with Crippen molar-refractivity contribution in [2.24, 2.45) is 0 Å². The van der Waals surface area contributed by atoms with E-state index in [2.05, 4.69) is 0 Å². The molecule has 106 valence electrons. The van der Waals surface area contributed by atoms with Gasteiger partial charge in [-0.05, 0) is 31.0 Å². The Morgan fingerprint density at radius 3 is 2.84 bits per heavy atom. The van der Waals surface area contributed by atoms with Gasteiger partial charge in [0.25, 0.3) is 0 Å². The van der Waals surface area contributed by atoms with E-state index < -0.39 is 10.0 Å². The number of ether oxygens (including phenoxy) is 1. The number of rotatable bonds is 4. The highest BCUT2D eigenvalue weighted by atomic mass is 35.5. The summed E-state index contributed by atoms with van der Waals surface area (Å²) < 4.78 is 31.8. The van der Waals surface area contributed by atoms with E-state index in [0.29, 0.717) is 18.2 Å². The maximum absolute atomic E-state index is 12.6. The molecule has 19 heavy (non-hydrogen) atoms. The molecule has 0 spiro atoms. The number of hydrogen-bond acceptors (Lipinski definition) is 3. The zero-order chi connectivity index (χ0) is 14.0. The van der Waals surface area contributed by atoms with Crippen LogP contribution in [-0.2, 0) is 14.8 Å². The molecule has 1 aliphatic rings. The SMILES string of the molecule is COCC1CCCN1S(=O)(=O)c1cc(Cl)ccc1Cl. The Bertz CT molecular complexity index is 562. The minimum atomic E-state index is -3.63. The molecule has 7 heteroatoms. The molecule has 4 nitrogen and oxygen atoms in total. The Morgan fingerprint density at radius 2 is 2.16 bits per heavy atom. The van der Waals surface area contributed by atoms with Gasteiger partial charge in [0.15, 0.2) is 0 Å². The zero-order valence-corrected chi connectivity index (χ0v) is 12.8. The highest BCUT2D eigenvalue weighted by Gasteiger charge is 2.36.